The first-order valence-corrected chi connectivity index (χ1v) is 26.0. The molecule has 0 aliphatic heterocycles. The highest BCUT2D eigenvalue weighted by Gasteiger charge is 2.23. The molecule has 1 amide bonds. The SMILES string of the molecule is CC/C=C\C/C=C\C/C=C\CCCCCCCCCC(=O)OCC(O)COP(=O)(O)OCCNC(=O)CCCCCCCCCCCCCCCCCCCCCCC. The maximum absolute atomic E-state index is 12.1. The van der Waals surface area contributed by atoms with Gasteiger partial charge in [-0.25, -0.2) is 4.57 Å². The zero-order valence-electron chi connectivity index (χ0n) is 38.2. The standard InChI is InChI=1S/C49H92NO8P/c1-3-5-7-9-11-13-15-17-19-21-22-23-24-26-27-29-31-33-35-37-39-41-48(52)50-43-44-57-59(54,55)58-46-47(51)45-56-49(53)42-40-38-36-34-32-30-28-25-20-18-16-14-12-10-8-6-4-2/h6,8,12,14,18,20,47,51H,3-5,7,9-11,13,15-17,19,21-46H2,1-2H3,(H,50,52)(H,54,55)/b8-6-,14-12-,20-18-. The molecule has 59 heavy (non-hydrogen) atoms. The van der Waals surface area contributed by atoms with Crippen molar-refractivity contribution in [3.05, 3.63) is 36.5 Å². The van der Waals surface area contributed by atoms with Crippen molar-refractivity contribution in [1.82, 2.24) is 5.32 Å². The van der Waals surface area contributed by atoms with Gasteiger partial charge in [-0.15, -0.1) is 0 Å². The Morgan fingerprint density at radius 1 is 0.542 bits per heavy atom. The number of amides is 1. The summed E-state index contributed by atoms with van der Waals surface area (Å²) in [5, 5.41) is 12.7. The quantitative estimate of drug-likeness (QED) is 0.0239. The van der Waals surface area contributed by atoms with Crippen LogP contribution >= 0.6 is 7.82 Å². The number of ether oxygens (including phenoxy) is 1. The summed E-state index contributed by atoms with van der Waals surface area (Å²) in [6, 6.07) is 0. The Labute approximate surface area is 363 Å². The van der Waals surface area contributed by atoms with E-state index in [0.29, 0.717) is 6.42 Å². The fourth-order valence-corrected chi connectivity index (χ4v) is 7.68. The summed E-state index contributed by atoms with van der Waals surface area (Å²) in [5.41, 5.74) is 0. The molecule has 0 rings (SSSR count). The second kappa shape index (κ2) is 45.7. The van der Waals surface area contributed by atoms with Gasteiger partial charge in [0.15, 0.2) is 0 Å². The molecule has 0 saturated carbocycles. The van der Waals surface area contributed by atoms with E-state index in [4.69, 9.17) is 13.8 Å². The van der Waals surface area contributed by atoms with Crippen LogP contribution in [0.25, 0.3) is 0 Å². The third-order valence-corrected chi connectivity index (χ3v) is 11.6. The molecule has 0 aromatic heterocycles. The van der Waals surface area contributed by atoms with E-state index < -0.39 is 26.5 Å². The average Bonchev–Trinajstić information content (AvgIpc) is 3.22. The number of rotatable bonds is 46. The van der Waals surface area contributed by atoms with E-state index in [1.165, 1.54) is 135 Å². The van der Waals surface area contributed by atoms with Gasteiger partial charge in [-0.2, -0.15) is 0 Å². The van der Waals surface area contributed by atoms with Crippen LogP contribution in [0.3, 0.4) is 0 Å². The molecule has 346 valence electrons. The van der Waals surface area contributed by atoms with Crippen LogP contribution in [0.5, 0.6) is 0 Å². The number of carbonyl (C=O) groups is 2. The Hall–Kier alpha value is -1.77. The Morgan fingerprint density at radius 2 is 0.966 bits per heavy atom. The molecule has 0 saturated heterocycles. The maximum Gasteiger partial charge on any atom is 0.472 e. The average molecular weight is 854 g/mol. The lowest BCUT2D eigenvalue weighted by atomic mass is 10.0. The molecule has 10 heteroatoms. The van der Waals surface area contributed by atoms with E-state index in [2.05, 4.69) is 55.6 Å². The van der Waals surface area contributed by atoms with E-state index in [9.17, 15) is 24.2 Å². The molecule has 0 spiro atoms. The van der Waals surface area contributed by atoms with Crippen molar-refractivity contribution in [3.8, 4) is 0 Å². The highest BCUT2D eigenvalue weighted by molar-refractivity contribution is 7.47. The van der Waals surface area contributed by atoms with Gasteiger partial charge in [0.2, 0.25) is 5.91 Å². The van der Waals surface area contributed by atoms with Crippen LogP contribution < -0.4 is 5.32 Å². The lowest BCUT2D eigenvalue weighted by Crippen LogP contribution is -2.27. The number of hydrogen-bond donors (Lipinski definition) is 3. The molecule has 0 radical (unpaired) electrons. The lowest BCUT2D eigenvalue weighted by Gasteiger charge is -2.15. The molecule has 0 aromatic rings. The van der Waals surface area contributed by atoms with Gasteiger partial charge in [-0.05, 0) is 44.9 Å². The largest absolute Gasteiger partial charge is 0.472 e. The van der Waals surface area contributed by atoms with Gasteiger partial charge >= 0.3 is 13.8 Å². The van der Waals surface area contributed by atoms with Crippen LogP contribution in [0.4, 0.5) is 0 Å². The number of aliphatic hydroxyl groups is 1. The van der Waals surface area contributed by atoms with Gasteiger partial charge in [-0.1, -0.05) is 211 Å². The van der Waals surface area contributed by atoms with Crippen molar-refractivity contribution in [2.75, 3.05) is 26.4 Å². The molecular weight excluding hydrogens is 762 g/mol. The predicted molar refractivity (Wildman–Crippen MR) is 247 cm³/mol. The van der Waals surface area contributed by atoms with Crippen LogP contribution in [0.1, 0.15) is 232 Å². The summed E-state index contributed by atoms with van der Waals surface area (Å²) < 4.78 is 26.9. The van der Waals surface area contributed by atoms with Crippen molar-refractivity contribution < 1.29 is 37.9 Å². The molecule has 2 atom stereocenters. The van der Waals surface area contributed by atoms with Crippen LogP contribution in [0.2, 0.25) is 0 Å². The summed E-state index contributed by atoms with van der Waals surface area (Å²) in [7, 11) is -4.42. The van der Waals surface area contributed by atoms with Crippen molar-refractivity contribution in [1.29, 1.82) is 0 Å². The molecule has 0 bridgehead atoms. The van der Waals surface area contributed by atoms with Gasteiger partial charge in [0, 0.05) is 19.4 Å². The topological polar surface area (TPSA) is 131 Å². The predicted octanol–water partition coefficient (Wildman–Crippen LogP) is 14.1. The summed E-state index contributed by atoms with van der Waals surface area (Å²) in [6.07, 6.45) is 52.3. The number of hydrogen-bond acceptors (Lipinski definition) is 7. The van der Waals surface area contributed by atoms with Gasteiger partial charge in [0.25, 0.3) is 0 Å². The number of carbonyl (C=O) groups excluding carboxylic acids is 2. The normalized spacial score (nSPS) is 13.5. The molecule has 0 aromatic carbocycles. The second-order valence-corrected chi connectivity index (χ2v) is 17.9. The summed E-state index contributed by atoms with van der Waals surface area (Å²) in [6.45, 7) is 3.47. The summed E-state index contributed by atoms with van der Waals surface area (Å²) in [5.74, 6) is -0.519. The number of aliphatic hydroxyl groups excluding tert-OH is 1. The lowest BCUT2D eigenvalue weighted by molar-refractivity contribution is -0.147. The van der Waals surface area contributed by atoms with Crippen molar-refractivity contribution in [3.63, 3.8) is 0 Å². The minimum atomic E-state index is -4.42. The fourth-order valence-electron chi connectivity index (χ4n) is 6.93. The highest BCUT2D eigenvalue weighted by atomic mass is 31.2. The first-order chi connectivity index (χ1) is 28.8. The number of phosphoric ester groups is 1. The molecule has 2 unspecified atom stereocenters. The van der Waals surface area contributed by atoms with Crippen molar-refractivity contribution in [2.45, 2.75) is 238 Å². The summed E-state index contributed by atoms with van der Waals surface area (Å²) >= 11 is 0. The van der Waals surface area contributed by atoms with Crippen LogP contribution in [0.15, 0.2) is 36.5 Å². The fraction of sp³-hybridized carbons (Fsp3) is 0.837. The minimum absolute atomic E-state index is 0.0832. The number of allylic oxidation sites excluding steroid dienone is 6. The second-order valence-electron chi connectivity index (χ2n) is 16.4. The highest BCUT2D eigenvalue weighted by Crippen LogP contribution is 2.42. The van der Waals surface area contributed by atoms with Crippen LogP contribution in [0, 0.1) is 0 Å². The van der Waals surface area contributed by atoms with E-state index in [-0.39, 0.29) is 32.1 Å². The summed E-state index contributed by atoms with van der Waals surface area (Å²) in [4.78, 5) is 34.0. The van der Waals surface area contributed by atoms with Gasteiger partial charge < -0.3 is 20.1 Å². The third kappa shape index (κ3) is 47.1. The molecule has 3 N–H and O–H groups in total. The van der Waals surface area contributed by atoms with E-state index in [1.807, 2.05) is 0 Å². The van der Waals surface area contributed by atoms with Gasteiger partial charge in [0.05, 0.1) is 13.2 Å². The first kappa shape index (κ1) is 57.2. The monoisotopic (exact) mass is 854 g/mol. The molecule has 0 heterocycles. The van der Waals surface area contributed by atoms with Crippen molar-refractivity contribution >= 4 is 19.7 Å². The first-order valence-electron chi connectivity index (χ1n) is 24.5. The molecule has 9 nitrogen and oxygen atoms in total. The maximum atomic E-state index is 12.1. The van der Waals surface area contributed by atoms with Crippen LogP contribution in [-0.2, 0) is 27.9 Å². The zero-order chi connectivity index (χ0) is 43.2. The number of nitrogens with one attached hydrogen (secondary N) is 1. The number of esters is 1. The molecular formula is C49H92NO8P. The Morgan fingerprint density at radius 3 is 1.46 bits per heavy atom. The minimum Gasteiger partial charge on any atom is -0.463 e. The van der Waals surface area contributed by atoms with Crippen LogP contribution in [-0.4, -0.2) is 54.3 Å². The Balaban J connectivity index is 3.55. The Kier molecular flexibility index (Phi) is 44.4. The zero-order valence-corrected chi connectivity index (χ0v) is 39.1. The molecule has 0 aliphatic carbocycles. The third-order valence-electron chi connectivity index (χ3n) is 10.6. The number of unbranched alkanes of at least 4 members (excludes halogenated alkanes) is 27. The van der Waals surface area contributed by atoms with E-state index >= 15 is 0 Å². The van der Waals surface area contributed by atoms with Gasteiger partial charge in [-0.3, -0.25) is 18.6 Å². The number of phosphoric acid groups is 1. The van der Waals surface area contributed by atoms with E-state index in [1.54, 1.807) is 0 Å². The van der Waals surface area contributed by atoms with E-state index in [0.717, 1.165) is 70.6 Å². The van der Waals surface area contributed by atoms with Crippen molar-refractivity contribution in [2.24, 2.45) is 0 Å². The molecule has 0 aliphatic rings. The molecule has 0 fully saturated rings. The Bertz CT molecular complexity index is 1060. The van der Waals surface area contributed by atoms with Gasteiger partial charge in [0.1, 0.15) is 12.7 Å². The smallest absolute Gasteiger partial charge is 0.463 e.